The fraction of sp³-hybridized carbons (Fsp3) is 0.231. The number of benzene rings is 2. The SMILES string of the molecule is CN(C)C.[Sn][c]1cccc2ccccc12. The predicted molar refractivity (Wildman–Crippen MR) is 68.9 cm³/mol. The molecule has 2 aromatic carbocycles. The van der Waals surface area contributed by atoms with Gasteiger partial charge in [0.05, 0.1) is 0 Å². The van der Waals surface area contributed by atoms with Gasteiger partial charge >= 0.3 is 79.3 Å². The quantitative estimate of drug-likeness (QED) is 0.671. The van der Waals surface area contributed by atoms with Gasteiger partial charge in [-0.2, -0.15) is 0 Å². The van der Waals surface area contributed by atoms with Gasteiger partial charge in [-0.25, -0.2) is 0 Å². The summed E-state index contributed by atoms with van der Waals surface area (Å²) in [7, 11) is 6.00. The Bertz CT molecular complexity index is 416. The summed E-state index contributed by atoms with van der Waals surface area (Å²) in [5, 5.41) is 2.75. The third kappa shape index (κ3) is 4.22. The molecule has 0 unspecified atom stereocenters. The van der Waals surface area contributed by atoms with Gasteiger partial charge in [0.2, 0.25) is 0 Å². The second-order valence-corrected chi connectivity index (χ2v) is 5.41. The third-order valence-corrected chi connectivity index (χ3v) is 3.03. The molecule has 0 aromatic heterocycles. The molecule has 2 heteroatoms. The van der Waals surface area contributed by atoms with Gasteiger partial charge in [0.25, 0.3) is 0 Å². The topological polar surface area (TPSA) is 3.24 Å². The average molecular weight is 305 g/mol. The van der Waals surface area contributed by atoms with Crippen molar-refractivity contribution in [2.45, 2.75) is 0 Å². The monoisotopic (exact) mass is 306 g/mol. The minimum atomic E-state index is 1.35. The molecule has 2 rings (SSSR count). The summed E-state index contributed by atoms with van der Waals surface area (Å²) in [4.78, 5) is 2.00. The first-order valence-electron chi connectivity index (χ1n) is 4.91. The minimum absolute atomic E-state index is 1.35. The van der Waals surface area contributed by atoms with Crippen molar-refractivity contribution in [3.05, 3.63) is 42.5 Å². The van der Waals surface area contributed by atoms with Crippen molar-refractivity contribution < 1.29 is 0 Å². The van der Waals surface area contributed by atoms with Crippen molar-refractivity contribution in [1.82, 2.24) is 4.90 Å². The van der Waals surface area contributed by atoms with Crippen molar-refractivity contribution in [3.8, 4) is 0 Å². The first-order chi connectivity index (χ1) is 7.11. The van der Waals surface area contributed by atoms with E-state index < -0.39 is 0 Å². The molecule has 0 N–H and O–H groups in total. The van der Waals surface area contributed by atoms with E-state index in [1.165, 1.54) is 36.9 Å². The average Bonchev–Trinajstić information content (AvgIpc) is 2.18. The molecular weight excluding hydrogens is 289 g/mol. The summed E-state index contributed by atoms with van der Waals surface area (Å²) in [6.45, 7) is 0. The molecule has 0 fully saturated rings. The van der Waals surface area contributed by atoms with E-state index in [2.05, 4.69) is 42.5 Å². The molecule has 3 radical (unpaired) electrons. The van der Waals surface area contributed by atoms with E-state index in [-0.39, 0.29) is 0 Å². The Morgan fingerprint density at radius 2 is 1.40 bits per heavy atom. The Morgan fingerprint density at radius 3 is 2.00 bits per heavy atom. The summed E-state index contributed by atoms with van der Waals surface area (Å²) < 4.78 is 1.44. The van der Waals surface area contributed by atoms with Crippen molar-refractivity contribution in [2.75, 3.05) is 21.1 Å². The summed E-state index contributed by atoms with van der Waals surface area (Å²) in [5.74, 6) is 0. The Morgan fingerprint density at radius 1 is 0.867 bits per heavy atom. The van der Waals surface area contributed by atoms with E-state index in [4.69, 9.17) is 0 Å². The first-order valence-corrected chi connectivity index (χ1v) is 6.34. The van der Waals surface area contributed by atoms with E-state index >= 15 is 0 Å². The Labute approximate surface area is 105 Å². The number of nitrogens with zero attached hydrogens (tertiary/aromatic N) is 1. The molecule has 0 amide bonds. The Hall–Kier alpha value is -0.541. The second-order valence-electron chi connectivity index (χ2n) is 3.87. The number of hydrogen-bond donors (Lipinski definition) is 0. The molecule has 0 heterocycles. The summed E-state index contributed by atoms with van der Waals surface area (Å²) >= 11 is 1.49. The fourth-order valence-electron chi connectivity index (χ4n) is 1.23. The van der Waals surface area contributed by atoms with Crippen LogP contribution in [0.25, 0.3) is 10.8 Å². The maximum absolute atomic E-state index is 2.18. The van der Waals surface area contributed by atoms with E-state index in [9.17, 15) is 0 Å². The molecule has 0 spiro atoms. The van der Waals surface area contributed by atoms with E-state index in [1.807, 2.05) is 26.0 Å². The van der Waals surface area contributed by atoms with Crippen LogP contribution in [0.3, 0.4) is 0 Å². The van der Waals surface area contributed by atoms with Gasteiger partial charge in [0.15, 0.2) is 0 Å². The number of hydrogen-bond acceptors (Lipinski definition) is 1. The standard InChI is InChI=1S/C10H7.C3H9N.Sn/c1-2-6-10-8-4-3-7-9(10)5-1;1-4(2)3;/h1-7H;1-3H3;. The van der Waals surface area contributed by atoms with Crippen molar-refractivity contribution in [3.63, 3.8) is 0 Å². The van der Waals surface area contributed by atoms with Crippen LogP contribution in [0.1, 0.15) is 0 Å². The zero-order valence-electron chi connectivity index (χ0n) is 9.49. The fourth-order valence-corrected chi connectivity index (χ4v) is 2.15. The van der Waals surface area contributed by atoms with Crippen molar-refractivity contribution in [2.24, 2.45) is 0 Å². The van der Waals surface area contributed by atoms with Gasteiger partial charge in [-0.1, -0.05) is 0 Å². The van der Waals surface area contributed by atoms with Crippen LogP contribution in [0.5, 0.6) is 0 Å². The van der Waals surface area contributed by atoms with Crippen LogP contribution in [0, 0.1) is 0 Å². The van der Waals surface area contributed by atoms with Crippen LogP contribution in [0.4, 0.5) is 0 Å². The normalized spacial score (nSPS) is 9.93. The zero-order valence-corrected chi connectivity index (χ0v) is 12.3. The van der Waals surface area contributed by atoms with Crippen LogP contribution in [-0.4, -0.2) is 48.6 Å². The van der Waals surface area contributed by atoms with E-state index in [0.717, 1.165) is 0 Å². The van der Waals surface area contributed by atoms with Crippen LogP contribution in [0.2, 0.25) is 0 Å². The molecule has 0 bridgehead atoms. The van der Waals surface area contributed by atoms with Crippen molar-refractivity contribution in [1.29, 1.82) is 0 Å². The molecule has 15 heavy (non-hydrogen) atoms. The van der Waals surface area contributed by atoms with Crippen LogP contribution >= 0.6 is 0 Å². The second kappa shape index (κ2) is 6.13. The first kappa shape index (κ1) is 12.5. The predicted octanol–water partition coefficient (Wildman–Crippen LogP) is 1.81. The molecule has 0 saturated carbocycles. The third-order valence-electron chi connectivity index (χ3n) is 1.79. The molecule has 77 valence electrons. The molecule has 2 aromatic rings. The summed E-state index contributed by atoms with van der Waals surface area (Å²) in [6.07, 6.45) is 0. The van der Waals surface area contributed by atoms with Gasteiger partial charge in [-0.05, 0) is 21.1 Å². The zero-order chi connectivity index (χ0) is 11.3. The van der Waals surface area contributed by atoms with Gasteiger partial charge in [-0.3, -0.25) is 0 Å². The number of rotatable bonds is 0. The van der Waals surface area contributed by atoms with E-state index in [1.54, 1.807) is 0 Å². The summed E-state index contributed by atoms with van der Waals surface area (Å²) in [5.41, 5.74) is 0. The molecular formula is C13H16NSn. The summed E-state index contributed by atoms with van der Waals surface area (Å²) in [6, 6.07) is 15.0. The molecule has 0 aliphatic heterocycles. The van der Waals surface area contributed by atoms with Gasteiger partial charge < -0.3 is 4.90 Å². The molecule has 1 nitrogen and oxygen atoms in total. The molecule has 0 aliphatic rings. The number of fused-ring (bicyclic) bond motifs is 1. The van der Waals surface area contributed by atoms with Gasteiger partial charge in [-0.15, -0.1) is 0 Å². The Balaban J connectivity index is 0.000000245. The van der Waals surface area contributed by atoms with Gasteiger partial charge in [0.1, 0.15) is 0 Å². The van der Waals surface area contributed by atoms with Crippen LogP contribution < -0.4 is 3.58 Å². The molecule has 0 aliphatic carbocycles. The molecule has 0 atom stereocenters. The molecule has 0 saturated heterocycles. The van der Waals surface area contributed by atoms with Crippen LogP contribution in [0.15, 0.2) is 42.5 Å². The van der Waals surface area contributed by atoms with E-state index in [0.29, 0.717) is 0 Å². The Kier molecular flexibility index (Phi) is 5.12. The van der Waals surface area contributed by atoms with Crippen LogP contribution in [-0.2, 0) is 0 Å². The maximum atomic E-state index is 2.18. The van der Waals surface area contributed by atoms with Gasteiger partial charge in [0, 0.05) is 0 Å². The van der Waals surface area contributed by atoms with Crippen molar-refractivity contribution >= 4 is 36.9 Å².